The van der Waals surface area contributed by atoms with Crippen molar-refractivity contribution < 1.29 is 41.8 Å². The van der Waals surface area contributed by atoms with Crippen LogP contribution >= 0.6 is 0 Å². The number of ether oxygens (including phenoxy) is 2. The van der Waals surface area contributed by atoms with Gasteiger partial charge in [-0.15, -0.1) is 0 Å². The summed E-state index contributed by atoms with van der Waals surface area (Å²) >= 11 is 0. The molecule has 3 amide bonds. The van der Waals surface area contributed by atoms with Crippen LogP contribution in [0.25, 0.3) is 16.9 Å². The average Bonchev–Trinajstić information content (AvgIpc) is 3.42. The second-order valence-electron chi connectivity index (χ2n) is 10.7. The van der Waals surface area contributed by atoms with Gasteiger partial charge in [0.25, 0.3) is 11.8 Å². The maximum absolute atomic E-state index is 13.4. The van der Waals surface area contributed by atoms with Gasteiger partial charge in [-0.2, -0.15) is 18.3 Å². The lowest BCUT2D eigenvalue weighted by molar-refractivity contribution is -0.119. The van der Waals surface area contributed by atoms with E-state index in [4.69, 9.17) is 10.5 Å². The highest BCUT2D eigenvalue weighted by molar-refractivity contribution is 6.07. The number of hydrogen-bond acceptors (Lipinski definition) is 9. The van der Waals surface area contributed by atoms with Crippen molar-refractivity contribution >= 4 is 35.4 Å². The van der Waals surface area contributed by atoms with Crippen LogP contribution in [0.5, 0.6) is 0 Å². The first-order valence-corrected chi connectivity index (χ1v) is 13.4. The normalized spacial score (nSPS) is 11.5. The molecule has 0 spiro atoms. The van der Waals surface area contributed by atoms with E-state index >= 15 is 0 Å². The molecule has 3 aromatic heterocycles. The molecule has 0 bridgehead atoms. The highest BCUT2D eigenvalue weighted by Crippen LogP contribution is 2.27. The van der Waals surface area contributed by atoms with Gasteiger partial charge in [0.2, 0.25) is 0 Å². The van der Waals surface area contributed by atoms with Crippen LogP contribution in [0.15, 0.2) is 67.0 Å². The molecule has 0 atom stereocenters. The maximum Gasteiger partial charge on any atom is 0.416 e. The third-order valence-electron chi connectivity index (χ3n) is 6.00. The lowest BCUT2D eigenvalue weighted by Crippen LogP contribution is -2.42. The number of halogens is 3. The van der Waals surface area contributed by atoms with Gasteiger partial charge in [-0.3, -0.25) is 14.5 Å². The van der Waals surface area contributed by atoms with Crippen LogP contribution in [-0.2, 0) is 9.47 Å². The molecule has 0 saturated heterocycles. The fourth-order valence-corrected chi connectivity index (χ4v) is 4.02. The molecule has 0 unspecified atom stereocenters. The topological polar surface area (TPSA) is 172 Å². The number of alkyl halides is 3. The van der Waals surface area contributed by atoms with E-state index in [1.807, 2.05) is 0 Å². The monoisotopic (exact) mass is 639 g/mol. The summed E-state index contributed by atoms with van der Waals surface area (Å²) in [5.74, 6) is -2.58. The molecular formula is C30H28F3N7O6. The Morgan fingerprint density at radius 3 is 2.33 bits per heavy atom. The first-order chi connectivity index (χ1) is 21.5. The standard InChI is InChI=1S/C30H28F3N7O6/c1-29(2,3)46-28(44)39(16-30(31,32)33)23-14-18(12-13-35-23)20-6-5-7-21(36-20)26(42)37-22-15-40(38-24(22)25(34)41)19-10-8-17(9-11-19)27(43)45-4/h5-15H,16H2,1-4H3,(H2,34,41)(H,37,42). The summed E-state index contributed by atoms with van der Waals surface area (Å²) in [7, 11) is 1.25. The molecule has 240 valence electrons. The summed E-state index contributed by atoms with van der Waals surface area (Å²) in [6.07, 6.45) is -3.47. The number of anilines is 2. The van der Waals surface area contributed by atoms with E-state index in [0.717, 1.165) is 0 Å². The Morgan fingerprint density at radius 2 is 1.72 bits per heavy atom. The zero-order valence-corrected chi connectivity index (χ0v) is 25.0. The van der Waals surface area contributed by atoms with Crippen LogP contribution < -0.4 is 16.0 Å². The van der Waals surface area contributed by atoms with Crippen molar-refractivity contribution in [3.05, 3.63) is 83.9 Å². The molecular weight excluding hydrogens is 611 g/mol. The van der Waals surface area contributed by atoms with E-state index in [0.29, 0.717) is 10.6 Å². The van der Waals surface area contributed by atoms with Gasteiger partial charge in [0.15, 0.2) is 5.69 Å². The zero-order chi connectivity index (χ0) is 33.8. The number of primary amides is 1. The zero-order valence-electron chi connectivity index (χ0n) is 25.0. The van der Waals surface area contributed by atoms with Crippen LogP contribution in [0, 0.1) is 0 Å². The second-order valence-corrected chi connectivity index (χ2v) is 10.7. The highest BCUT2D eigenvalue weighted by Gasteiger charge is 2.36. The smallest absolute Gasteiger partial charge is 0.416 e. The van der Waals surface area contributed by atoms with Crippen molar-refractivity contribution in [3.8, 4) is 16.9 Å². The molecule has 0 saturated carbocycles. The van der Waals surface area contributed by atoms with Crippen molar-refractivity contribution in [2.45, 2.75) is 32.5 Å². The fraction of sp³-hybridized carbons (Fsp3) is 0.233. The number of carbonyl (C=O) groups is 4. The van der Waals surface area contributed by atoms with Crippen molar-refractivity contribution in [1.29, 1.82) is 0 Å². The largest absolute Gasteiger partial charge is 0.465 e. The molecule has 0 aliphatic heterocycles. The first kappa shape index (κ1) is 33.1. The average molecular weight is 640 g/mol. The van der Waals surface area contributed by atoms with Crippen LogP contribution in [0.4, 0.5) is 29.5 Å². The number of nitrogens with one attached hydrogen (secondary N) is 1. The summed E-state index contributed by atoms with van der Waals surface area (Å²) in [6, 6.07) is 13.1. The van der Waals surface area contributed by atoms with Crippen molar-refractivity contribution in [1.82, 2.24) is 19.7 Å². The second kappa shape index (κ2) is 13.1. The minimum absolute atomic E-state index is 0.0342. The Bertz CT molecular complexity index is 1780. The lowest BCUT2D eigenvalue weighted by atomic mass is 10.1. The predicted molar refractivity (Wildman–Crippen MR) is 158 cm³/mol. The number of benzene rings is 1. The predicted octanol–water partition coefficient (Wildman–Crippen LogP) is 4.77. The van der Waals surface area contributed by atoms with E-state index in [2.05, 4.69) is 25.1 Å². The Labute approximate surface area is 260 Å². The molecule has 46 heavy (non-hydrogen) atoms. The van der Waals surface area contributed by atoms with Gasteiger partial charge in [-0.05, 0) is 69.3 Å². The van der Waals surface area contributed by atoms with Crippen LogP contribution in [0.1, 0.15) is 52.1 Å². The summed E-state index contributed by atoms with van der Waals surface area (Å²) in [5, 5.41) is 6.68. The van der Waals surface area contributed by atoms with Gasteiger partial charge in [0.05, 0.1) is 35.9 Å². The van der Waals surface area contributed by atoms with Crippen molar-refractivity contribution in [2.75, 3.05) is 23.9 Å². The molecule has 13 nitrogen and oxygen atoms in total. The molecule has 0 aliphatic rings. The number of pyridine rings is 2. The van der Waals surface area contributed by atoms with Crippen LogP contribution in [0.3, 0.4) is 0 Å². The number of carbonyl (C=O) groups excluding carboxylic acids is 4. The molecule has 4 rings (SSSR count). The summed E-state index contributed by atoms with van der Waals surface area (Å²) in [6.45, 7) is 2.89. The molecule has 0 radical (unpaired) electrons. The Kier molecular flexibility index (Phi) is 9.39. The number of nitrogens with two attached hydrogens (primary N) is 1. The van der Waals surface area contributed by atoms with E-state index in [-0.39, 0.29) is 39.7 Å². The molecule has 3 N–H and O–H groups in total. The van der Waals surface area contributed by atoms with Gasteiger partial charge in [0, 0.05) is 11.8 Å². The Hall–Kier alpha value is -5.80. The molecule has 3 heterocycles. The summed E-state index contributed by atoms with van der Waals surface area (Å²) in [4.78, 5) is 58.3. The fourth-order valence-electron chi connectivity index (χ4n) is 4.02. The third-order valence-corrected chi connectivity index (χ3v) is 6.00. The SMILES string of the molecule is COC(=O)c1ccc(-n2cc(NC(=O)c3cccc(-c4ccnc(N(CC(F)(F)F)C(=O)OC(C)(C)C)c4)n3)c(C(N)=O)n2)cc1. The van der Waals surface area contributed by atoms with Crippen molar-refractivity contribution in [3.63, 3.8) is 0 Å². The van der Waals surface area contributed by atoms with Gasteiger partial charge in [0.1, 0.15) is 23.7 Å². The number of hydrogen-bond donors (Lipinski definition) is 2. The van der Waals surface area contributed by atoms with Gasteiger partial charge < -0.3 is 20.5 Å². The minimum atomic E-state index is -4.76. The first-order valence-electron chi connectivity index (χ1n) is 13.4. The molecule has 4 aromatic rings. The Morgan fingerprint density at radius 1 is 1.02 bits per heavy atom. The maximum atomic E-state index is 13.4. The van der Waals surface area contributed by atoms with Crippen LogP contribution in [0.2, 0.25) is 0 Å². The highest BCUT2D eigenvalue weighted by atomic mass is 19.4. The number of aromatic nitrogens is 4. The molecule has 0 fully saturated rings. The van der Waals surface area contributed by atoms with E-state index in [9.17, 15) is 32.3 Å². The van der Waals surface area contributed by atoms with E-state index < -0.39 is 42.2 Å². The quantitative estimate of drug-likeness (QED) is 0.258. The van der Waals surface area contributed by atoms with E-state index in [1.165, 1.54) is 87.4 Å². The third kappa shape index (κ3) is 8.22. The van der Waals surface area contributed by atoms with Gasteiger partial charge >= 0.3 is 18.2 Å². The molecule has 16 heteroatoms. The lowest BCUT2D eigenvalue weighted by Gasteiger charge is -2.27. The molecule has 0 aliphatic carbocycles. The summed E-state index contributed by atoms with van der Waals surface area (Å²) in [5.41, 5.74) is 5.14. The number of methoxy groups -OCH3 is 1. The van der Waals surface area contributed by atoms with Crippen LogP contribution in [-0.4, -0.2) is 69.1 Å². The minimum Gasteiger partial charge on any atom is -0.465 e. The van der Waals surface area contributed by atoms with E-state index in [1.54, 1.807) is 12.1 Å². The van der Waals surface area contributed by atoms with Crippen molar-refractivity contribution in [2.24, 2.45) is 5.73 Å². The number of nitrogens with zero attached hydrogens (tertiary/aromatic N) is 5. The Balaban J connectivity index is 1.61. The number of amides is 3. The molecule has 1 aromatic carbocycles. The number of esters is 1. The van der Waals surface area contributed by atoms with Gasteiger partial charge in [-0.25, -0.2) is 24.2 Å². The summed E-state index contributed by atoms with van der Waals surface area (Å²) < 4.78 is 51.2. The van der Waals surface area contributed by atoms with Gasteiger partial charge in [-0.1, -0.05) is 6.07 Å². The number of rotatable bonds is 8.